The van der Waals surface area contributed by atoms with Crippen molar-refractivity contribution >= 4 is 17.7 Å². The largest absolute Gasteiger partial charge is 0.462 e. The molecule has 0 aliphatic heterocycles. The minimum atomic E-state index is -2.88. The van der Waals surface area contributed by atoms with Crippen molar-refractivity contribution in [1.29, 1.82) is 0 Å². The van der Waals surface area contributed by atoms with Crippen LogP contribution in [0.5, 0.6) is 5.75 Å². The molecule has 2 aromatic rings. The van der Waals surface area contributed by atoms with Gasteiger partial charge in [-0.15, -0.1) is 0 Å². The molecule has 2 amide bonds. The first-order valence-electron chi connectivity index (χ1n) is 8.72. The van der Waals surface area contributed by atoms with E-state index in [0.717, 1.165) is 12.0 Å². The van der Waals surface area contributed by atoms with Crippen LogP contribution in [0.1, 0.15) is 29.3 Å². The summed E-state index contributed by atoms with van der Waals surface area (Å²) < 4.78 is 33.7. The number of nitrogens with one attached hydrogen (secondary N) is 1. The fraction of sp³-hybridized carbons (Fsp3) is 0.300. The summed E-state index contributed by atoms with van der Waals surface area (Å²) in [5.74, 6) is -0.348. The lowest BCUT2D eigenvalue weighted by Gasteiger charge is -2.18. The smallest absolute Gasteiger partial charge is 0.387 e. The van der Waals surface area contributed by atoms with Crippen molar-refractivity contribution in [2.45, 2.75) is 26.5 Å². The molecule has 6 nitrogen and oxygen atoms in total. The lowest BCUT2D eigenvalue weighted by molar-refractivity contribution is -0.0498. The number of ether oxygens (including phenoxy) is 2. The molecule has 0 aliphatic carbocycles. The number of hydrogen-bond donors (Lipinski definition) is 1. The van der Waals surface area contributed by atoms with Crippen molar-refractivity contribution in [1.82, 2.24) is 4.90 Å². The number of amides is 2. The molecule has 1 N–H and O–H groups in total. The molecule has 8 heteroatoms. The number of carbonyl (C=O) groups excluding carboxylic acids is 2. The molecule has 0 heterocycles. The number of nitrogens with zero attached hydrogens (tertiary/aromatic N) is 1. The van der Waals surface area contributed by atoms with E-state index < -0.39 is 12.6 Å². The predicted octanol–water partition coefficient (Wildman–Crippen LogP) is 4.52. The summed E-state index contributed by atoms with van der Waals surface area (Å²) in [6.45, 7) is -0.327. The van der Waals surface area contributed by atoms with Crippen molar-refractivity contribution in [3.63, 3.8) is 0 Å². The van der Waals surface area contributed by atoms with E-state index in [1.165, 1.54) is 17.0 Å². The van der Waals surface area contributed by atoms with E-state index in [2.05, 4.69) is 10.1 Å². The highest BCUT2D eigenvalue weighted by atomic mass is 19.3. The number of hydrogen-bond acceptors (Lipinski definition) is 4. The lowest BCUT2D eigenvalue weighted by Crippen LogP contribution is -2.30. The number of carbonyl (C=O) groups is 2. The van der Waals surface area contributed by atoms with Crippen molar-refractivity contribution < 1.29 is 27.8 Å². The first-order chi connectivity index (χ1) is 13.4. The second kappa shape index (κ2) is 10.2. The van der Waals surface area contributed by atoms with Gasteiger partial charge in [0.1, 0.15) is 5.75 Å². The van der Waals surface area contributed by atoms with E-state index >= 15 is 0 Å². The van der Waals surface area contributed by atoms with Crippen LogP contribution in [0.15, 0.2) is 48.5 Å². The average molecular weight is 392 g/mol. The van der Waals surface area contributed by atoms with Gasteiger partial charge in [0.2, 0.25) is 0 Å². The number of rotatable bonds is 8. The quantitative estimate of drug-likeness (QED) is 0.671. The Balaban J connectivity index is 1.88. The van der Waals surface area contributed by atoms with Crippen LogP contribution in [0.3, 0.4) is 0 Å². The van der Waals surface area contributed by atoms with Crippen LogP contribution in [0.25, 0.3) is 0 Å². The number of urea groups is 1. The molecule has 0 atom stereocenters. The zero-order valence-electron chi connectivity index (χ0n) is 15.7. The molecule has 2 aromatic carbocycles. The molecule has 150 valence electrons. The number of alkyl halides is 2. The van der Waals surface area contributed by atoms with E-state index in [1.807, 2.05) is 6.92 Å². The summed E-state index contributed by atoms with van der Waals surface area (Å²) >= 11 is 0. The van der Waals surface area contributed by atoms with Crippen LogP contribution >= 0.6 is 0 Å². The summed E-state index contributed by atoms with van der Waals surface area (Å²) in [6.07, 6.45) is 0.744. The topological polar surface area (TPSA) is 67.9 Å². The molecule has 0 aromatic heterocycles. The van der Waals surface area contributed by atoms with Crippen LogP contribution in [-0.2, 0) is 11.3 Å². The van der Waals surface area contributed by atoms with Gasteiger partial charge >= 0.3 is 18.6 Å². The SMILES string of the molecule is CCCOC(=O)c1ccc(NC(=O)N(C)Cc2ccc(OC(F)F)cc2)cc1. The maximum absolute atomic E-state index is 12.3. The Morgan fingerprint density at radius 1 is 1.07 bits per heavy atom. The molecule has 0 fully saturated rings. The molecule has 0 saturated heterocycles. The fourth-order valence-corrected chi connectivity index (χ4v) is 2.31. The standard InChI is InChI=1S/C20H22F2N2O4/c1-3-12-27-18(25)15-6-8-16(9-7-15)23-20(26)24(2)13-14-4-10-17(11-5-14)28-19(21)22/h4-11,19H,3,12-13H2,1-2H3,(H,23,26). The maximum Gasteiger partial charge on any atom is 0.387 e. The van der Waals surface area contributed by atoms with E-state index in [4.69, 9.17) is 4.74 Å². The Labute approximate surface area is 162 Å². The molecule has 28 heavy (non-hydrogen) atoms. The van der Waals surface area contributed by atoms with Gasteiger partial charge in [0, 0.05) is 19.3 Å². The van der Waals surface area contributed by atoms with E-state index in [1.54, 1.807) is 43.4 Å². The van der Waals surface area contributed by atoms with Gasteiger partial charge in [0.05, 0.1) is 12.2 Å². The third kappa shape index (κ3) is 6.53. The summed E-state index contributed by atoms with van der Waals surface area (Å²) in [4.78, 5) is 25.5. The van der Waals surface area contributed by atoms with Gasteiger partial charge in [-0.3, -0.25) is 0 Å². The van der Waals surface area contributed by atoms with Crippen molar-refractivity contribution in [2.75, 3.05) is 19.0 Å². The van der Waals surface area contributed by atoms with Crippen LogP contribution in [-0.4, -0.2) is 37.2 Å². The first-order valence-corrected chi connectivity index (χ1v) is 8.72. The lowest BCUT2D eigenvalue weighted by atomic mass is 10.2. The van der Waals surface area contributed by atoms with Gasteiger partial charge in [-0.25, -0.2) is 9.59 Å². The molecular formula is C20H22F2N2O4. The first kappa shape index (κ1) is 21.1. The van der Waals surface area contributed by atoms with Gasteiger partial charge < -0.3 is 19.7 Å². The summed E-state index contributed by atoms with van der Waals surface area (Å²) in [5, 5.41) is 2.72. The zero-order valence-corrected chi connectivity index (χ0v) is 15.7. The highest BCUT2D eigenvalue weighted by Gasteiger charge is 2.11. The third-order valence-corrected chi connectivity index (χ3v) is 3.72. The van der Waals surface area contributed by atoms with Crippen LogP contribution in [0, 0.1) is 0 Å². The predicted molar refractivity (Wildman–Crippen MR) is 101 cm³/mol. The fourth-order valence-electron chi connectivity index (χ4n) is 2.31. The second-order valence-electron chi connectivity index (χ2n) is 6.02. The molecule has 0 aliphatic rings. The monoisotopic (exact) mass is 392 g/mol. The molecule has 0 radical (unpaired) electrons. The Morgan fingerprint density at radius 3 is 2.29 bits per heavy atom. The molecule has 2 rings (SSSR count). The third-order valence-electron chi connectivity index (χ3n) is 3.72. The highest BCUT2D eigenvalue weighted by molar-refractivity contribution is 5.92. The summed E-state index contributed by atoms with van der Waals surface area (Å²) in [7, 11) is 1.61. The number of esters is 1. The van der Waals surface area contributed by atoms with Gasteiger partial charge in [-0.05, 0) is 48.4 Å². The number of halogens is 2. The van der Waals surface area contributed by atoms with Gasteiger partial charge in [0.15, 0.2) is 0 Å². The number of anilines is 1. The molecule has 0 unspecified atom stereocenters. The van der Waals surface area contributed by atoms with Gasteiger partial charge in [-0.1, -0.05) is 19.1 Å². The molecule has 0 spiro atoms. The minimum absolute atomic E-state index is 0.0587. The van der Waals surface area contributed by atoms with Crippen LogP contribution in [0.4, 0.5) is 19.3 Å². The second-order valence-corrected chi connectivity index (χ2v) is 6.02. The Bertz CT molecular complexity index is 780. The van der Waals surface area contributed by atoms with Crippen LogP contribution in [0.2, 0.25) is 0 Å². The maximum atomic E-state index is 12.3. The van der Waals surface area contributed by atoms with E-state index in [9.17, 15) is 18.4 Å². The van der Waals surface area contributed by atoms with Gasteiger partial charge in [-0.2, -0.15) is 8.78 Å². The molecular weight excluding hydrogens is 370 g/mol. The molecule has 0 saturated carbocycles. The number of benzene rings is 2. The summed E-state index contributed by atoms with van der Waals surface area (Å²) in [6, 6.07) is 12.1. The normalized spacial score (nSPS) is 10.5. The minimum Gasteiger partial charge on any atom is -0.462 e. The van der Waals surface area contributed by atoms with Crippen molar-refractivity contribution in [3.05, 3.63) is 59.7 Å². The van der Waals surface area contributed by atoms with Crippen LogP contribution < -0.4 is 10.1 Å². The summed E-state index contributed by atoms with van der Waals surface area (Å²) in [5.41, 5.74) is 1.70. The van der Waals surface area contributed by atoms with Crippen molar-refractivity contribution in [3.8, 4) is 5.75 Å². The molecule has 0 bridgehead atoms. The van der Waals surface area contributed by atoms with E-state index in [0.29, 0.717) is 17.9 Å². The zero-order chi connectivity index (χ0) is 20.5. The Hall–Kier alpha value is -3.16. The highest BCUT2D eigenvalue weighted by Crippen LogP contribution is 2.16. The van der Waals surface area contributed by atoms with Crippen molar-refractivity contribution in [2.24, 2.45) is 0 Å². The Morgan fingerprint density at radius 2 is 1.71 bits per heavy atom. The van der Waals surface area contributed by atoms with Gasteiger partial charge in [0.25, 0.3) is 0 Å². The Kier molecular flexibility index (Phi) is 7.74. The van der Waals surface area contributed by atoms with E-state index in [-0.39, 0.29) is 18.3 Å². The average Bonchev–Trinajstić information content (AvgIpc) is 2.67.